The Labute approximate surface area is 107 Å². The fourth-order valence-corrected chi connectivity index (χ4v) is 1.88. The highest BCUT2D eigenvalue weighted by Gasteiger charge is 2.19. The molecule has 0 aliphatic carbocycles. The number of carbonyl (C=O) groups is 1. The van der Waals surface area contributed by atoms with Gasteiger partial charge in [0.1, 0.15) is 0 Å². The quantitative estimate of drug-likeness (QED) is 0.647. The van der Waals surface area contributed by atoms with Gasteiger partial charge in [0.2, 0.25) is 0 Å². The Kier molecular flexibility index (Phi) is 8.01. The zero-order valence-corrected chi connectivity index (χ0v) is 12.3. The number of carbonyl (C=O) groups excluding carboxylic acids is 1. The first-order chi connectivity index (χ1) is 7.96. The number of rotatable bonds is 8. The summed E-state index contributed by atoms with van der Waals surface area (Å²) in [5, 5.41) is 3.04. The predicted octanol–water partition coefficient (Wildman–Crippen LogP) is 3.64. The third-order valence-corrected chi connectivity index (χ3v) is 3.23. The van der Waals surface area contributed by atoms with Crippen molar-refractivity contribution in [3.8, 4) is 0 Å². The molecular weight excluding hydrogens is 212 g/mol. The first kappa shape index (κ1) is 16.3. The minimum atomic E-state index is 0.0681. The van der Waals surface area contributed by atoms with E-state index in [1.54, 1.807) is 0 Å². The Bertz CT molecular complexity index is 210. The van der Waals surface area contributed by atoms with Gasteiger partial charge >= 0.3 is 6.03 Å². The Morgan fingerprint density at radius 2 is 1.71 bits per heavy atom. The highest BCUT2D eigenvalue weighted by Crippen LogP contribution is 2.22. The summed E-state index contributed by atoms with van der Waals surface area (Å²) >= 11 is 0. The van der Waals surface area contributed by atoms with Gasteiger partial charge in [-0.15, -0.1) is 0 Å². The maximum Gasteiger partial charge on any atom is 0.317 e. The number of nitrogens with one attached hydrogen (secondary N) is 1. The molecule has 102 valence electrons. The molecule has 0 fully saturated rings. The summed E-state index contributed by atoms with van der Waals surface area (Å²) in [5.74, 6) is 0. The molecule has 0 aromatic heterocycles. The Morgan fingerprint density at radius 3 is 2.18 bits per heavy atom. The second kappa shape index (κ2) is 8.37. The minimum Gasteiger partial charge on any atom is -0.337 e. The van der Waals surface area contributed by atoms with E-state index in [0.29, 0.717) is 0 Å². The number of urea groups is 1. The standard InChI is InChI=1S/C14H30N2O/c1-6-9-10-11-14(4,5)12-15-13(17)16(7-2)8-3/h6-12H2,1-5H3,(H,15,17). The third kappa shape index (κ3) is 7.24. The molecule has 0 aromatic rings. The molecule has 0 saturated heterocycles. The van der Waals surface area contributed by atoms with Gasteiger partial charge in [-0.25, -0.2) is 4.79 Å². The van der Waals surface area contributed by atoms with E-state index in [-0.39, 0.29) is 11.4 Å². The van der Waals surface area contributed by atoms with E-state index in [0.717, 1.165) is 19.6 Å². The van der Waals surface area contributed by atoms with Gasteiger partial charge in [-0.3, -0.25) is 0 Å². The lowest BCUT2D eigenvalue weighted by Crippen LogP contribution is -2.43. The van der Waals surface area contributed by atoms with Crippen LogP contribution in [0.2, 0.25) is 0 Å². The maximum atomic E-state index is 11.8. The van der Waals surface area contributed by atoms with Gasteiger partial charge in [0.05, 0.1) is 0 Å². The second-order valence-electron chi connectivity index (χ2n) is 5.45. The Balaban J connectivity index is 3.95. The Morgan fingerprint density at radius 1 is 1.12 bits per heavy atom. The van der Waals surface area contributed by atoms with Crippen LogP contribution in [0.25, 0.3) is 0 Å². The molecule has 0 aromatic carbocycles. The first-order valence-corrected chi connectivity index (χ1v) is 6.99. The molecule has 17 heavy (non-hydrogen) atoms. The maximum absolute atomic E-state index is 11.8. The van der Waals surface area contributed by atoms with Crippen LogP contribution in [0, 0.1) is 5.41 Å². The van der Waals surface area contributed by atoms with E-state index in [1.165, 1.54) is 25.7 Å². The molecule has 0 spiro atoms. The topological polar surface area (TPSA) is 32.3 Å². The van der Waals surface area contributed by atoms with E-state index >= 15 is 0 Å². The van der Waals surface area contributed by atoms with Crippen LogP contribution in [-0.2, 0) is 0 Å². The van der Waals surface area contributed by atoms with Crippen LogP contribution in [0.15, 0.2) is 0 Å². The van der Waals surface area contributed by atoms with Crippen LogP contribution in [0.3, 0.4) is 0 Å². The molecule has 0 bridgehead atoms. The van der Waals surface area contributed by atoms with Crippen LogP contribution in [0.4, 0.5) is 4.79 Å². The molecule has 0 aliphatic heterocycles. The molecular formula is C14H30N2O. The first-order valence-electron chi connectivity index (χ1n) is 6.99. The molecule has 0 atom stereocenters. The SMILES string of the molecule is CCCCCC(C)(C)CNC(=O)N(CC)CC. The minimum absolute atomic E-state index is 0.0681. The summed E-state index contributed by atoms with van der Waals surface area (Å²) in [6.07, 6.45) is 4.97. The highest BCUT2D eigenvalue weighted by atomic mass is 16.2. The molecule has 0 saturated carbocycles. The number of nitrogens with zero attached hydrogens (tertiary/aromatic N) is 1. The van der Waals surface area contributed by atoms with Crippen LogP contribution < -0.4 is 5.32 Å². The number of hydrogen-bond acceptors (Lipinski definition) is 1. The van der Waals surface area contributed by atoms with Gasteiger partial charge in [0.15, 0.2) is 0 Å². The molecule has 0 unspecified atom stereocenters. The summed E-state index contributed by atoms with van der Waals surface area (Å²) < 4.78 is 0. The fraction of sp³-hybridized carbons (Fsp3) is 0.929. The normalized spacial score (nSPS) is 11.4. The summed E-state index contributed by atoms with van der Waals surface area (Å²) in [7, 11) is 0. The van der Waals surface area contributed by atoms with Crippen molar-refractivity contribution in [2.75, 3.05) is 19.6 Å². The number of unbranched alkanes of at least 4 members (excludes halogenated alkanes) is 2. The van der Waals surface area contributed by atoms with E-state index < -0.39 is 0 Å². The molecule has 3 heteroatoms. The van der Waals surface area contributed by atoms with Gasteiger partial charge in [-0.05, 0) is 25.7 Å². The van der Waals surface area contributed by atoms with Crippen molar-refractivity contribution in [1.82, 2.24) is 10.2 Å². The summed E-state index contributed by atoms with van der Waals surface area (Å²) in [6.45, 7) is 13.0. The van der Waals surface area contributed by atoms with Crippen LogP contribution in [0.5, 0.6) is 0 Å². The van der Waals surface area contributed by atoms with Gasteiger partial charge in [0.25, 0.3) is 0 Å². The van der Waals surface area contributed by atoms with Gasteiger partial charge in [-0.1, -0.05) is 40.0 Å². The van der Waals surface area contributed by atoms with Crippen molar-refractivity contribution in [1.29, 1.82) is 0 Å². The molecule has 0 radical (unpaired) electrons. The third-order valence-electron chi connectivity index (χ3n) is 3.23. The van der Waals surface area contributed by atoms with Crippen molar-refractivity contribution < 1.29 is 4.79 Å². The number of amides is 2. The zero-order valence-electron chi connectivity index (χ0n) is 12.3. The van der Waals surface area contributed by atoms with Gasteiger partial charge in [0, 0.05) is 19.6 Å². The zero-order chi connectivity index (χ0) is 13.3. The van der Waals surface area contributed by atoms with Crippen molar-refractivity contribution in [2.24, 2.45) is 5.41 Å². The van der Waals surface area contributed by atoms with Crippen LogP contribution >= 0.6 is 0 Å². The Hall–Kier alpha value is -0.730. The average Bonchev–Trinajstić information content (AvgIpc) is 2.28. The lowest BCUT2D eigenvalue weighted by Gasteiger charge is -2.27. The number of hydrogen-bond donors (Lipinski definition) is 1. The summed E-state index contributed by atoms with van der Waals surface area (Å²) in [5.41, 5.74) is 0.206. The largest absolute Gasteiger partial charge is 0.337 e. The van der Waals surface area contributed by atoms with E-state index in [2.05, 4.69) is 26.1 Å². The molecule has 0 aliphatic rings. The molecule has 0 heterocycles. The summed E-state index contributed by atoms with van der Waals surface area (Å²) in [4.78, 5) is 13.6. The average molecular weight is 242 g/mol. The van der Waals surface area contributed by atoms with Gasteiger partial charge < -0.3 is 10.2 Å². The van der Waals surface area contributed by atoms with Crippen molar-refractivity contribution in [3.05, 3.63) is 0 Å². The smallest absolute Gasteiger partial charge is 0.317 e. The molecule has 3 nitrogen and oxygen atoms in total. The fourth-order valence-electron chi connectivity index (χ4n) is 1.88. The van der Waals surface area contributed by atoms with E-state index in [4.69, 9.17) is 0 Å². The predicted molar refractivity (Wildman–Crippen MR) is 74.2 cm³/mol. The van der Waals surface area contributed by atoms with Gasteiger partial charge in [-0.2, -0.15) is 0 Å². The van der Waals surface area contributed by atoms with E-state index in [1.807, 2.05) is 18.7 Å². The second-order valence-corrected chi connectivity index (χ2v) is 5.45. The lowest BCUT2D eigenvalue weighted by atomic mass is 9.87. The molecule has 0 rings (SSSR count). The van der Waals surface area contributed by atoms with Crippen molar-refractivity contribution in [3.63, 3.8) is 0 Å². The van der Waals surface area contributed by atoms with E-state index in [9.17, 15) is 4.79 Å². The van der Waals surface area contributed by atoms with Crippen LogP contribution in [0.1, 0.15) is 60.3 Å². The van der Waals surface area contributed by atoms with Crippen molar-refractivity contribution >= 4 is 6.03 Å². The summed E-state index contributed by atoms with van der Waals surface area (Å²) in [6, 6.07) is 0.0681. The van der Waals surface area contributed by atoms with Crippen LogP contribution in [-0.4, -0.2) is 30.6 Å². The highest BCUT2D eigenvalue weighted by molar-refractivity contribution is 5.74. The molecule has 2 amide bonds. The van der Waals surface area contributed by atoms with Crippen molar-refractivity contribution in [2.45, 2.75) is 60.3 Å². The molecule has 1 N–H and O–H groups in total. The monoisotopic (exact) mass is 242 g/mol. The lowest BCUT2D eigenvalue weighted by molar-refractivity contribution is 0.195.